The van der Waals surface area contributed by atoms with E-state index in [9.17, 15) is 9.90 Å². The van der Waals surface area contributed by atoms with E-state index in [4.69, 9.17) is 4.74 Å². The molecular formula is C29H28O3. The Hall–Kier alpha value is -3.51. The van der Waals surface area contributed by atoms with Crippen molar-refractivity contribution in [3.63, 3.8) is 0 Å². The second-order valence-corrected chi connectivity index (χ2v) is 8.45. The molecule has 1 aliphatic heterocycles. The maximum atomic E-state index is 11.3. The summed E-state index contributed by atoms with van der Waals surface area (Å²) in [5.74, 6) is 5.54. The zero-order chi connectivity index (χ0) is 22.7. The highest BCUT2D eigenvalue weighted by molar-refractivity contribution is 5.71. The zero-order valence-corrected chi connectivity index (χ0v) is 18.8. The molecule has 32 heavy (non-hydrogen) atoms. The number of hydrogen-bond donors (Lipinski definition) is 1. The van der Waals surface area contributed by atoms with Gasteiger partial charge in [0.25, 0.3) is 0 Å². The predicted molar refractivity (Wildman–Crippen MR) is 128 cm³/mol. The average Bonchev–Trinajstić information content (AvgIpc) is 2.78. The standard InChI is InChI=1S/C29H28O3/c1-4-6-24(18-28(30)31)25-14-11-22-15-16-26(32-27(22)17-25)21-9-12-23(13-10-21)29-19(2)7-5-8-20(29)3/h5,7-14,17,24,26H,15-16,18H2,1-3H3,(H,30,31). The van der Waals surface area contributed by atoms with Crippen molar-refractivity contribution in [3.8, 4) is 28.7 Å². The van der Waals surface area contributed by atoms with Crippen LogP contribution >= 0.6 is 0 Å². The molecule has 0 amide bonds. The maximum Gasteiger partial charge on any atom is 0.304 e. The Morgan fingerprint density at radius 1 is 1.09 bits per heavy atom. The lowest BCUT2D eigenvalue weighted by molar-refractivity contribution is -0.137. The number of carboxylic acid groups (broad SMARTS) is 1. The average molecular weight is 425 g/mol. The van der Waals surface area contributed by atoms with Crippen LogP contribution in [0.1, 0.15) is 59.6 Å². The third-order valence-corrected chi connectivity index (χ3v) is 6.19. The predicted octanol–water partition coefficient (Wildman–Crippen LogP) is 6.62. The summed E-state index contributed by atoms with van der Waals surface area (Å²) in [4.78, 5) is 11.3. The summed E-state index contributed by atoms with van der Waals surface area (Å²) in [6, 6.07) is 21.1. The Balaban J connectivity index is 1.57. The van der Waals surface area contributed by atoms with Crippen molar-refractivity contribution >= 4 is 5.97 Å². The highest BCUT2D eigenvalue weighted by atomic mass is 16.5. The van der Waals surface area contributed by atoms with Crippen molar-refractivity contribution in [1.29, 1.82) is 0 Å². The quantitative estimate of drug-likeness (QED) is 0.468. The molecule has 3 nitrogen and oxygen atoms in total. The van der Waals surface area contributed by atoms with E-state index in [1.54, 1.807) is 6.92 Å². The van der Waals surface area contributed by atoms with E-state index in [1.807, 2.05) is 12.1 Å². The number of fused-ring (bicyclic) bond motifs is 1. The first kappa shape index (κ1) is 21.7. The van der Waals surface area contributed by atoms with Crippen LogP contribution in [0.15, 0.2) is 60.7 Å². The molecule has 1 aliphatic rings. The van der Waals surface area contributed by atoms with Gasteiger partial charge in [0.05, 0.1) is 12.3 Å². The third-order valence-electron chi connectivity index (χ3n) is 6.19. The van der Waals surface area contributed by atoms with Gasteiger partial charge in [0.1, 0.15) is 11.9 Å². The van der Waals surface area contributed by atoms with Gasteiger partial charge in [-0.25, -0.2) is 0 Å². The van der Waals surface area contributed by atoms with E-state index in [0.29, 0.717) is 0 Å². The van der Waals surface area contributed by atoms with Crippen molar-refractivity contribution in [3.05, 3.63) is 88.5 Å². The van der Waals surface area contributed by atoms with E-state index in [-0.39, 0.29) is 18.4 Å². The smallest absolute Gasteiger partial charge is 0.304 e. The summed E-state index contributed by atoms with van der Waals surface area (Å²) in [5, 5.41) is 9.24. The van der Waals surface area contributed by atoms with Gasteiger partial charge in [0.2, 0.25) is 0 Å². The molecule has 0 aromatic heterocycles. The SMILES string of the molecule is CC#CC(CC(=O)O)c1ccc2c(c1)OC(c1ccc(-c3c(C)cccc3C)cc1)CC2. The number of ether oxygens (including phenoxy) is 1. The van der Waals surface area contributed by atoms with Gasteiger partial charge in [0, 0.05) is 0 Å². The fourth-order valence-electron chi connectivity index (χ4n) is 4.57. The number of rotatable bonds is 5. The highest BCUT2D eigenvalue weighted by Gasteiger charge is 2.23. The number of aliphatic carboxylic acids is 1. The second-order valence-electron chi connectivity index (χ2n) is 8.45. The molecule has 4 rings (SSSR count). The lowest BCUT2D eigenvalue weighted by atomic mass is 9.91. The van der Waals surface area contributed by atoms with Crippen molar-refractivity contribution in [2.45, 2.75) is 52.1 Å². The molecule has 3 heteroatoms. The van der Waals surface area contributed by atoms with E-state index >= 15 is 0 Å². The number of aryl methyl sites for hydroxylation is 3. The van der Waals surface area contributed by atoms with E-state index in [0.717, 1.165) is 35.3 Å². The molecule has 162 valence electrons. The van der Waals surface area contributed by atoms with Crippen LogP contribution in [-0.4, -0.2) is 11.1 Å². The molecular weight excluding hydrogens is 396 g/mol. The van der Waals surface area contributed by atoms with Crippen LogP contribution in [0.3, 0.4) is 0 Å². The summed E-state index contributed by atoms with van der Waals surface area (Å²) in [5.41, 5.74) is 8.28. The minimum absolute atomic E-state index is 0.0111. The van der Waals surface area contributed by atoms with Crippen LogP contribution in [0, 0.1) is 25.7 Å². The van der Waals surface area contributed by atoms with Crippen LogP contribution < -0.4 is 4.74 Å². The molecule has 3 aromatic rings. The van der Waals surface area contributed by atoms with Gasteiger partial charge in [0.15, 0.2) is 0 Å². The van der Waals surface area contributed by atoms with Gasteiger partial charge in [-0.15, -0.1) is 5.92 Å². The maximum absolute atomic E-state index is 11.3. The van der Waals surface area contributed by atoms with Gasteiger partial charge in [-0.3, -0.25) is 4.79 Å². The summed E-state index contributed by atoms with van der Waals surface area (Å²) < 4.78 is 6.39. The van der Waals surface area contributed by atoms with Crippen molar-refractivity contribution in [2.24, 2.45) is 0 Å². The van der Waals surface area contributed by atoms with E-state index in [2.05, 4.69) is 74.2 Å². The largest absolute Gasteiger partial charge is 0.485 e. The first-order valence-electron chi connectivity index (χ1n) is 11.1. The normalized spacial score (nSPS) is 15.7. The van der Waals surface area contributed by atoms with Crippen LogP contribution in [0.4, 0.5) is 0 Å². The molecule has 0 aliphatic carbocycles. The van der Waals surface area contributed by atoms with Gasteiger partial charge in [-0.2, -0.15) is 0 Å². The molecule has 2 atom stereocenters. The van der Waals surface area contributed by atoms with E-state index in [1.165, 1.54) is 22.3 Å². The fourth-order valence-corrected chi connectivity index (χ4v) is 4.57. The Bertz CT molecular complexity index is 1180. The van der Waals surface area contributed by atoms with Crippen molar-refractivity contribution in [2.75, 3.05) is 0 Å². The molecule has 3 aromatic carbocycles. The third kappa shape index (κ3) is 4.55. The van der Waals surface area contributed by atoms with Crippen molar-refractivity contribution in [1.82, 2.24) is 0 Å². The van der Waals surface area contributed by atoms with Crippen LogP contribution in [0.5, 0.6) is 5.75 Å². The topological polar surface area (TPSA) is 46.5 Å². The van der Waals surface area contributed by atoms with Crippen molar-refractivity contribution < 1.29 is 14.6 Å². The Morgan fingerprint density at radius 2 is 1.81 bits per heavy atom. The zero-order valence-electron chi connectivity index (χ0n) is 18.8. The summed E-state index contributed by atoms with van der Waals surface area (Å²) in [7, 11) is 0. The van der Waals surface area contributed by atoms with E-state index < -0.39 is 5.97 Å². The Kier molecular flexibility index (Phi) is 6.32. The minimum Gasteiger partial charge on any atom is -0.485 e. The van der Waals surface area contributed by atoms with Gasteiger partial charge < -0.3 is 9.84 Å². The second kappa shape index (κ2) is 9.32. The molecule has 0 spiro atoms. The summed E-state index contributed by atoms with van der Waals surface area (Å²) in [6.45, 7) is 6.03. The molecule has 0 bridgehead atoms. The molecule has 0 saturated heterocycles. The molecule has 1 N–H and O–H groups in total. The monoisotopic (exact) mass is 424 g/mol. The molecule has 1 heterocycles. The Morgan fingerprint density at radius 3 is 2.47 bits per heavy atom. The molecule has 0 saturated carbocycles. The number of carboxylic acids is 1. The summed E-state index contributed by atoms with van der Waals surface area (Å²) >= 11 is 0. The minimum atomic E-state index is -0.849. The molecule has 0 radical (unpaired) electrons. The number of benzene rings is 3. The first-order chi connectivity index (χ1) is 15.5. The molecule has 0 fully saturated rings. The van der Waals surface area contributed by atoms with Crippen LogP contribution in [-0.2, 0) is 11.2 Å². The van der Waals surface area contributed by atoms with Gasteiger partial charge in [-0.05, 0) is 78.6 Å². The van der Waals surface area contributed by atoms with Gasteiger partial charge >= 0.3 is 5.97 Å². The lowest BCUT2D eigenvalue weighted by Gasteiger charge is -2.27. The number of hydrogen-bond acceptors (Lipinski definition) is 2. The van der Waals surface area contributed by atoms with Crippen LogP contribution in [0.25, 0.3) is 11.1 Å². The molecule has 2 unspecified atom stereocenters. The fraction of sp³-hybridized carbons (Fsp3) is 0.276. The Labute approximate surface area is 190 Å². The van der Waals surface area contributed by atoms with Gasteiger partial charge in [-0.1, -0.05) is 60.5 Å². The first-order valence-corrected chi connectivity index (χ1v) is 11.1. The lowest BCUT2D eigenvalue weighted by Crippen LogP contribution is -2.16. The highest BCUT2D eigenvalue weighted by Crippen LogP contribution is 2.38. The number of carbonyl (C=O) groups is 1. The summed E-state index contributed by atoms with van der Waals surface area (Å²) in [6.07, 6.45) is 1.83. The van der Waals surface area contributed by atoms with Crippen LogP contribution in [0.2, 0.25) is 0 Å².